The van der Waals surface area contributed by atoms with E-state index in [1.807, 2.05) is 48.6 Å². The highest BCUT2D eigenvalue weighted by Crippen LogP contribution is 2.39. The van der Waals surface area contributed by atoms with Crippen molar-refractivity contribution in [2.24, 2.45) is 0 Å². The molecule has 0 radical (unpaired) electrons. The first kappa shape index (κ1) is 26.5. The molecule has 1 atom stereocenters. The van der Waals surface area contributed by atoms with Gasteiger partial charge in [0.05, 0.1) is 17.8 Å². The molecule has 0 saturated heterocycles. The van der Waals surface area contributed by atoms with E-state index in [9.17, 15) is 8.42 Å². The molecular formula is C33H31BrO3S. The highest BCUT2D eigenvalue weighted by atomic mass is 79.9. The van der Waals surface area contributed by atoms with Crippen LogP contribution in [-0.2, 0) is 21.0 Å². The number of hydrogen-bond acceptors (Lipinski definition) is 3. The van der Waals surface area contributed by atoms with Crippen LogP contribution in [0.2, 0.25) is 0 Å². The van der Waals surface area contributed by atoms with Gasteiger partial charge in [-0.25, -0.2) is 8.42 Å². The molecule has 4 aromatic carbocycles. The fourth-order valence-corrected chi connectivity index (χ4v) is 7.07. The molecule has 0 fully saturated rings. The van der Waals surface area contributed by atoms with Crippen molar-refractivity contribution in [2.45, 2.75) is 25.2 Å². The first-order valence-electron chi connectivity index (χ1n) is 13.0. The number of rotatable bonds is 5. The molecular weight excluding hydrogens is 556 g/mol. The second-order valence-corrected chi connectivity index (χ2v) is 12.8. The summed E-state index contributed by atoms with van der Waals surface area (Å²) in [4.78, 5) is 0. The standard InChI is InChI=1S/C28H25BrO2S.C5H6O/c29-24-14-10-20(11-15-24)5-4-18-32(30,31)19-23-8-3-7-22-13-16-26-25-9-2-1-6-21(25)12-17-27(26)28(22)23;1-2-4-6-5-3-1/h1-2,4-6,9-17,23H,3,7-8,18-19H2;1-4H,5H2. The number of fused-ring (bicyclic) bond motifs is 5. The Kier molecular flexibility index (Phi) is 8.45. The van der Waals surface area contributed by atoms with E-state index in [-0.39, 0.29) is 17.4 Å². The van der Waals surface area contributed by atoms with Crippen molar-refractivity contribution in [3.8, 4) is 0 Å². The van der Waals surface area contributed by atoms with Crippen molar-refractivity contribution >= 4 is 53.4 Å². The Labute approximate surface area is 233 Å². The van der Waals surface area contributed by atoms with E-state index in [1.165, 1.54) is 32.7 Å². The summed E-state index contributed by atoms with van der Waals surface area (Å²) in [6.45, 7) is 0.733. The molecule has 1 heterocycles. The number of benzene rings is 4. The predicted molar refractivity (Wildman–Crippen MR) is 163 cm³/mol. The quantitative estimate of drug-likeness (QED) is 0.220. The second-order valence-electron chi connectivity index (χ2n) is 9.73. The van der Waals surface area contributed by atoms with Gasteiger partial charge in [0.1, 0.15) is 6.61 Å². The lowest BCUT2D eigenvalue weighted by atomic mass is 9.80. The summed E-state index contributed by atoms with van der Waals surface area (Å²) in [7, 11) is -3.21. The van der Waals surface area contributed by atoms with Crippen molar-refractivity contribution in [3.05, 3.63) is 125 Å². The van der Waals surface area contributed by atoms with Crippen LogP contribution in [0.4, 0.5) is 0 Å². The first-order chi connectivity index (χ1) is 18.5. The molecule has 0 amide bonds. The Bertz CT molecular complexity index is 1600. The van der Waals surface area contributed by atoms with Crippen LogP contribution in [0.1, 0.15) is 35.4 Å². The van der Waals surface area contributed by atoms with Crippen LogP contribution >= 0.6 is 15.9 Å². The van der Waals surface area contributed by atoms with Gasteiger partial charge in [-0.1, -0.05) is 94.8 Å². The summed E-state index contributed by atoms with van der Waals surface area (Å²) in [6, 6.07) is 25.1. The average molecular weight is 588 g/mol. The first-order valence-corrected chi connectivity index (χ1v) is 15.6. The highest BCUT2D eigenvalue weighted by Gasteiger charge is 2.27. The van der Waals surface area contributed by atoms with Gasteiger partial charge in [-0.3, -0.25) is 0 Å². The lowest BCUT2D eigenvalue weighted by molar-refractivity contribution is 0.286. The lowest BCUT2D eigenvalue weighted by Crippen LogP contribution is -2.21. The molecule has 0 aromatic heterocycles. The number of halogens is 1. The van der Waals surface area contributed by atoms with Crippen LogP contribution in [0, 0.1) is 0 Å². The zero-order chi connectivity index (χ0) is 26.4. The minimum Gasteiger partial charge on any atom is -0.497 e. The SMILES string of the molecule is C1=CCOC=C1.O=S(=O)(CC=Cc1ccc(Br)cc1)CC1CCCc2ccc3c(ccc4ccccc43)c21. The van der Waals surface area contributed by atoms with E-state index in [2.05, 4.69) is 64.5 Å². The van der Waals surface area contributed by atoms with E-state index in [0.717, 1.165) is 35.9 Å². The maximum atomic E-state index is 13.0. The molecule has 4 aromatic rings. The topological polar surface area (TPSA) is 43.4 Å². The smallest absolute Gasteiger partial charge is 0.154 e. The Morgan fingerprint density at radius 1 is 0.895 bits per heavy atom. The summed E-state index contributed by atoms with van der Waals surface area (Å²) in [5.74, 6) is 0.328. The normalized spacial score (nSPS) is 16.7. The Hall–Kier alpha value is -3.15. The maximum absolute atomic E-state index is 13.0. The largest absolute Gasteiger partial charge is 0.497 e. The monoisotopic (exact) mass is 586 g/mol. The van der Waals surface area contributed by atoms with Crippen molar-refractivity contribution in [3.63, 3.8) is 0 Å². The zero-order valence-corrected chi connectivity index (χ0v) is 23.6. The molecule has 0 spiro atoms. The minimum absolute atomic E-state index is 0.0506. The average Bonchev–Trinajstić information content (AvgIpc) is 2.95. The van der Waals surface area contributed by atoms with Gasteiger partial charge in [0, 0.05) is 4.47 Å². The zero-order valence-electron chi connectivity index (χ0n) is 21.2. The molecule has 0 N–H and O–H groups in total. The van der Waals surface area contributed by atoms with E-state index >= 15 is 0 Å². The van der Waals surface area contributed by atoms with Crippen molar-refractivity contribution < 1.29 is 13.2 Å². The van der Waals surface area contributed by atoms with E-state index in [4.69, 9.17) is 4.74 Å². The summed E-state index contributed by atoms with van der Waals surface area (Å²) in [6.07, 6.45) is 14.1. The number of sulfone groups is 1. The highest BCUT2D eigenvalue weighted by molar-refractivity contribution is 9.10. The predicted octanol–water partition coefficient (Wildman–Crippen LogP) is 8.39. The van der Waals surface area contributed by atoms with Gasteiger partial charge in [-0.2, -0.15) is 0 Å². The molecule has 5 heteroatoms. The van der Waals surface area contributed by atoms with Crippen LogP contribution in [-0.4, -0.2) is 26.5 Å². The Balaban J connectivity index is 0.000000433. The summed E-state index contributed by atoms with van der Waals surface area (Å²) >= 11 is 3.42. The number of ether oxygens (including phenoxy) is 1. The molecule has 1 aliphatic carbocycles. The molecule has 194 valence electrons. The molecule has 0 bridgehead atoms. The van der Waals surface area contributed by atoms with Crippen LogP contribution < -0.4 is 0 Å². The summed E-state index contributed by atoms with van der Waals surface area (Å²) in [5, 5.41) is 4.89. The van der Waals surface area contributed by atoms with Crippen LogP contribution in [0.3, 0.4) is 0 Å². The number of aryl methyl sites for hydroxylation is 1. The van der Waals surface area contributed by atoms with Crippen molar-refractivity contribution in [1.29, 1.82) is 0 Å². The third kappa shape index (κ3) is 6.46. The van der Waals surface area contributed by atoms with Gasteiger partial charge < -0.3 is 4.74 Å². The van der Waals surface area contributed by atoms with Crippen LogP contribution in [0.5, 0.6) is 0 Å². The molecule has 38 heavy (non-hydrogen) atoms. The molecule has 2 aliphatic rings. The molecule has 6 rings (SSSR count). The summed E-state index contributed by atoms with van der Waals surface area (Å²) in [5.41, 5.74) is 3.56. The third-order valence-corrected chi connectivity index (χ3v) is 9.20. The minimum atomic E-state index is -3.21. The van der Waals surface area contributed by atoms with E-state index in [1.54, 1.807) is 12.3 Å². The number of hydrogen-bond donors (Lipinski definition) is 0. The lowest BCUT2D eigenvalue weighted by Gasteiger charge is -2.27. The fraction of sp³-hybridized carbons (Fsp3) is 0.212. The Morgan fingerprint density at radius 3 is 2.45 bits per heavy atom. The maximum Gasteiger partial charge on any atom is 0.154 e. The van der Waals surface area contributed by atoms with Gasteiger partial charge in [0.25, 0.3) is 0 Å². The van der Waals surface area contributed by atoms with Crippen LogP contribution in [0.25, 0.3) is 27.6 Å². The Morgan fingerprint density at radius 2 is 1.71 bits per heavy atom. The van der Waals surface area contributed by atoms with Crippen molar-refractivity contribution in [1.82, 2.24) is 0 Å². The fourth-order valence-electron chi connectivity index (χ4n) is 5.33. The van der Waals surface area contributed by atoms with Crippen LogP contribution in [0.15, 0.2) is 108 Å². The van der Waals surface area contributed by atoms with Gasteiger partial charge in [0.15, 0.2) is 9.84 Å². The molecule has 1 unspecified atom stereocenters. The van der Waals surface area contributed by atoms with E-state index in [0.29, 0.717) is 0 Å². The molecule has 0 saturated carbocycles. The van der Waals surface area contributed by atoms with E-state index < -0.39 is 9.84 Å². The molecule has 3 nitrogen and oxygen atoms in total. The van der Waals surface area contributed by atoms with Gasteiger partial charge in [-0.05, 0) is 87.7 Å². The second kappa shape index (κ2) is 12.1. The van der Waals surface area contributed by atoms with Gasteiger partial charge >= 0.3 is 0 Å². The molecule has 1 aliphatic heterocycles. The van der Waals surface area contributed by atoms with Gasteiger partial charge in [0.2, 0.25) is 0 Å². The van der Waals surface area contributed by atoms with Crippen molar-refractivity contribution in [2.75, 3.05) is 18.1 Å². The van der Waals surface area contributed by atoms with Gasteiger partial charge in [-0.15, -0.1) is 0 Å². The third-order valence-electron chi connectivity index (χ3n) is 7.06. The summed E-state index contributed by atoms with van der Waals surface area (Å²) < 4.78 is 31.9. The number of allylic oxidation sites excluding steroid dienone is 2.